The first kappa shape index (κ1) is 13.8. The number of fused-ring (bicyclic) bond motifs is 3. The van der Waals surface area contributed by atoms with Gasteiger partial charge in [0.05, 0.1) is 0 Å². The molecular weight excluding hydrogens is 292 g/mol. The summed E-state index contributed by atoms with van der Waals surface area (Å²) in [5, 5.41) is 2.10. The molecule has 0 aliphatic rings. The molecule has 1 heterocycles. The first-order valence-corrected chi connectivity index (χ1v) is 7.34. The molecule has 0 bridgehead atoms. The van der Waals surface area contributed by atoms with E-state index < -0.39 is 7.12 Å². The molecule has 4 rings (SSSR count). The Hall–Kier alpha value is -2.79. The predicted molar refractivity (Wildman–Crippen MR) is 90.5 cm³/mol. The average molecular weight is 305 g/mol. The van der Waals surface area contributed by atoms with E-state index in [2.05, 4.69) is 9.84 Å². The molecule has 0 amide bonds. The van der Waals surface area contributed by atoms with E-state index in [1.807, 2.05) is 54.6 Å². The molecule has 0 aliphatic heterocycles. The molecule has 5 heteroatoms. The van der Waals surface area contributed by atoms with Crippen LogP contribution in [0.1, 0.15) is 0 Å². The van der Waals surface area contributed by atoms with Gasteiger partial charge in [0.25, 0.3) is 0 Å². The van der Waals surface area contributed by atoms with Crippen LogP contribution in [-0.4, -0.2) is 12.1 Å². The molecule has 4 aromatic rings. The largest absolute Gasteiger partial charge is 0.597 e. The fraction of sp³-hybridized carbons (Fsp3) is 0. The lowest BCUT2D eigenvalue weighted by Crippen LogP contribution is -2.37. The van der Waals surface area contributed by atoms with Crippen molar-refractivity contribution in [2.45, 2.75) is 0 Å². The number of hydrogen-bond donors (Lipinski definition) is 1. The Kier molecular flexibility index (Phi) is 3.48. The Morgan fingerprint density at radius 3 is 2.35 bits per heavy atom. The van der Waals surface area contributed by atoms with E-state index in [-0.39, 0.29) is 0 Å². The highest BCUT2D eigenvalue weighted by atomic mass is 19.3. The van der Waals surface area contributed by atoms with Crippen molar-refractivity contribution < 1.29 is 14.0 Å². The van der Waals surface area contributed by atoms with E-state index in [0.29, 0.717) is 11.2 Å². The van der Waals surface area contributed by atoms with Crippen molar-refractivity contribution in [2.75, 3.05) is 0 Å². The van der Waals surface area contributed by atoms with Crippen LogP contribution in [0, 0.1) is 0 Å². The van der Waals surface area contributed by atoms with Crippen LogP contribution in [0.3, 0.4) is 0 Å². The summed E-state index contributed by atoms with van der Waals surface area (Å²) in [4.78, 5) is 7.38. The lowest BCUT2D eigenvalue weighted by atomic mass is 9.78. The molecular formula is C18H13BFNO2. The lowest BCUT2D eigenvalue weighted by molar-refractivity contribution is -0.0243. The van der Waals surface area contributed by atoms with Crippen molar-refractivity contribution in [1.82, 2.24) is 4.98 Å². The zero-order chi connectivity index (χ0) is 15.6. The van der Waals surface area contributed by atoms with Gasteiger partial charge >= 0.3 is 7.12 Å². The van der Waals surface area contributed by atoms with Gasteiger partial charge in [0.15, 0.2) is 0 Å². The minimum absolute atomic E-state index is 0.550. The molecule has 1 aromatic heterocycles. The number of halogens is 1. The predicted octanol–water partition coefficient (Wildman–Crippen LogP) is 4.00. The van der Waals surface area contributed by atoms with Crippen molar-refractivity contribution >= 4 is 34.4 Å². The zero-order valence-electron chi connectivity index (χ0n) is 12.2. The third-order valence-corrected chi connectivity index (χ3v) is 3.87. The Morgan fingerprint density at radius 2 is 1.52 bits per heavy atom. The fourth-order valence-electron chi connectivity index (χ4n) is 2.77. The number of aromatic amines is 1. The summed E-state index contributed by atoms with van der Waals surface area (Å²) in [7, 11) is -1.10. The number of nitrogens with one attached hydrogen (secondary N) is 1. The first-order chi connectivity index (χ1) is 11.3. The highest BCUT2D eigenvalue weighted by molar-refractivity contribution is 6.62. The van der Waals surface area contributed by atoms with Gasteiger partial charge in [0, 0.05) is 21.8 Å². The van der Waals surface area contributed by atoms with Crippen LogP contribution >= 0.6 is 0 Å². The van der Waals surface area contributed by atoms with Gasteiger partial charge < -0.3 is 9.64 Å². The van der Waals surface area contributed by atoms with Crippen LogP contribution in [-0.2, 0) is 4.86 Å². The SMILES string of the molecule is FOB(Oc1ccccc1)c1ccc2[nH]c3ccccc3c2c1. The molecule has 3 aromatic carbocycles. The van der Waals surface area contributed by atoms with Gasteiger partial charge in [-0.25, -0.2) is 4.86 Å². The number of rotatable bonds is 4. The van der Waals surface area contributed by atoms with Gasteiger partial charge in [0.1, 0.15) is 5.75 Å². The Balaban J connectivity index is 1.76. The number of benzene rings is 3. The molecule has 0 radical (unpaired) electrons. The maximum atomic E-state index is 13.0. The molecule has 1 N–H and O–H groups in total. The summed E-state index contributed by atoms with van der Waals surface area (Å²) in [6.45, 7) is 0. The smallest absolute Gasteiger partial charge is 0.531 e. The summed E-state index contributed by atoms with van der Waals surface area (Å²) >= 11 is 0. The topological polar surface area (TPSA) is 34.2 Å². The summed E-state index contributed by atoms with van der Waals surface area (Å²) in [6, 6.07) is 22.6. The van der Waals surface area contributed by atoms with E-state index in [4.69, 9.17) is 4.65 Å². The van der Waals surface area contributed by atoms with Gasteiger partial charge in [-0.3, -0.25) is 0 Å². The number of aromatic nitrogens is 1. The maximum Gasteiger partial charge on any atom is 0.597 e. The lowest BCUT2D eigenvalue weighted by Gasteiger charge is -2.11. The van der Waals surface area contributed by atoms with E-state index >= 15 is 0 Å². The van der Waals surface area contributed by atoms with E-state index in [9.17, 15) is 4.53 Å². The molecule has 0 aliphatic carbocycles. The maximum absolute atomic E-state index is 13.0. The number of hydrogen-bond acceptors (Lipinski definition) is 2. The third kappa shape index (κ3) is 2.55. The summed E-state index contributed by atoms with van der Waals surface area (Å²) in [5.74, 6) is 0.550. The molecule has 112 valence electrons. The Morgan fingerprint density at radius 1 is 0.783 bits per heavy atom. The van der Waals surface area contributed by atoms with Crippen LogP contribution < -0.4 is 10.1 Å². The van der Waals surface area contributed by atoms with Crippen molar-refractivity contribution in [1.29, 1.82) is 0 Å². The van der Waals surface area contributed by atoms with Gasteiger partial charge in [-0.1, -0.05) is 53.1 Å². The summed E-state index contributed by atoms with van der Waals surface area (Å²) < 4.78 is 18.6. The van der Waals surface area contributed by atoms with Crippen molar-refractivity contribution in [3.63, 3.8) is 0 Å². The van der Waals surface area contributed by atoms with Gasteiger partial charge in [-0.2, -0.15) is 0 Å². The van der Waals surface area contributed by atoms with Gasteiger partial charge in [-0.05, 0) is 29.7 Å². The summed E-state index contributed by atoms with van der Waals surface area (Å²) in [5.41, 5.74) is 2.65. The quantitative estimate of drug-likeness (QED) is 0.578. The van der Waals surface area contributed by atoms with E-state index in [0.717, 1.165) is 21.8 Å². The molecule has 0 spiro atoms. The molecule has 23 heavy (non-hydrogen) atoms. The zero-order valence-corrected chi connectivity index (χ0v) is 12.2. The minimum atomic E-state index is -1.10. The highest BCUT2D eigenvalue weighted by Crippen LogP contribution is 2.24. The van der Waals surface area contributed by atoms with Crippen molar-refractivity contribution in [2.24, 2.45) is 0 Å². The van der Waals surface area contributed by atoms with Crippen LogP contribution in [0.15, 0.2) is 72.8 Å². The summed E-state index contributed by atoms with van der Waals surface area (Å²) in [6.07, 6.45) is 0. The first-order valence-electron chi connectivity index (χ1n) is 7.34. The highest BCUT2D eigenvalue weighted by Gasteiger charge is 2.26. The van der Waals surface area contributed by atoms with Crippen LogP contribution in [0.25, 0.3) is 21.8 Å². The molecule has 0 saturated carbocycles. The molecule has 0 atom stereocenters. The Labute approximate surface area is 132 Å². The minimum Gasteiger partial charge on any atom is -0.531 e. The van der Waals surface area contributed by atoms with Crippen LogP contribution in [0.2, 0.25) is 0 Å². The second-order valence-corrected chi connectivity index (χ2v) is 5.33. The van der Waals surface area contributed by atoms with Crippen LogP contribution in [0.5, 0.6) is 5.75 Å². The molecule has 3 nitrogen and oxygen atoms in total. The second kappa shape index (κ2) is 5.78. The van der Waals surface area contributed by atoms with E-state index in [1.165, 1.54) is 0 Å². The standard InChI is InChI=1S/C18H13BFNO2/c20-23-19(22-14-6-2-1-3-7-14)13-10-11-18-16(12-13)15-8-4-5-9-17(15)21-18/h1-12,21H. The van der Waals surface area contributed by atoms with E-state index in [1.54, 1.807) is 18.2 Å². The van der Waals surface area contributed by atoms with Crippen LogP contribution in [0.4, 0.5) is 4.53 Å². The normalized spacial score (nSPS) is 11.0. The number of H-pyrrole nitrogens is 1. The van der Waals surface area contributed by atoms with Crippen molar-refractivity contribution in [3.05, 3.63) is 72.8 Å². The second-order valence-electron chi connectivity index (χ2n) is 5.33. The molecule has 0 unspecified atom stereocenters. The molecule has 0 fully saturated rings. The number of para-hydroxylation sites is 2. The monoisotopic (exact) mass is 305 g/mol. The van der Waals surface area contributed by atoms with Crippen molar-refractivity contribution in [3.8, 4) is 5.75 Å². The van der Waals surface area contributed by atoms with Gasteiger partial charge in [-0.15, -0.1) is 0 Å². The Bertz CT molecular complexity index is 955. The molecule has 0 saturated heterocycles. The van der Waals surface area contributed by atoms with Gasteiger partial charge in [0.2, 0.25) is 0 Å². The third-order valence-electron chi connectivity index (χ3n) is 3.87. The average Bonchev–Trinajstić information content (AvgIpc) is 2.98. The fourth-order valence-corrected chi connectivity index (χ4v) is 2.77.